The van der Waals surface area contributed by atoms with Crippen LogP contribution in [-0.2, 0) is 14.3 Å². The Hall–Kier alpha value is -3.35. The van der Waals surface area contributed by atoms with Gasteiger partial charge in [-0.2, -0.15) is 0 Å². The highest BCUT2D eigenvalue weighted by Gasteiger charge is 2.66. The van der Waals surface area contributed by atoms with Gasteiger partial charge in [-0.05, 0) is 60.3 Å². The van der Waals surface area contributed by atoms with Gasteiger partial charge in [0.15, 0.2) is 0 Å². The molecule has 2 aromatic rings. The molecule has 3 aliphatic rings. The van der Waals surface area contributed by atoms with Crippen LogP contribution in [0.3, 0.4) is 0 Å². The van der Waals surface area contributed by atoms with Crippen LogP contribution in [0.4, 0.5) is 4.79 Å². The molecular weight excluding hydrogens is 432 g/mol. The number of piperidine rings is 1. The van der Waals surface area contributed by atoms with Crippen LogP contribution >= 0.6 is 0 Å². The zero-order valence-electron chi connectivity index (χ0n) is 19.2. The van der Waals surface area contributed by atoms with Crippen LogP contribution in [0.5, 0.6) is 0 Å². The van der Waals surface area contributed by atoms with Gasteiger partial charge in [-0.3, -0.25) is 4.79 Å². The number of aliphatic carboxylic acids is 1. The van der Waals surface area contributed by atoms with Crippen molar-refractivity contribution in [2.45, 2.75) is 50.0 Å². The molecule has 2 fully saturated rings. The third kappa shape index (κ3) is 3.93. The number of benzene rings is 2. The summed E-state index contributed by atoms with van der Waals surface area (Å²) in [5.41, 5.74) is 3.77. The molecule has 2 amide bonds. The molecule has 0 bridgehead atoms. The van der Waals surface area contributed by atoms with Gasteiger partial charge >= 0.3 is 12.1 Å². The minimum absolute atomic E-state index is 0.0214. The first-order valence-corrected chi connectivity index (χ1v) is 12.1. The number of amides is 2. The number of unbranched alkanes of at least 4 members (excludes halogenated alkanes) is 1. The van der Waals surface area contributed by atoms with Crippen LogP contribution in [0.1, 0.15) is 55.6 Å². The van der Waals surface area contributed by atoms with Crippen LogP contribution < -0.4 is 5.32 Å². The molecule has 7 nitrogen and oxygen atoms in total. The third-order valence-electron chi connectivity index (χ3n) is 7.59. The predicted molar refractivity (Wildman–Crippen MR) is 126 cm³/mol. The number of ether oxygens (including phenoxy) is 1. The predicted octanol–water partition coefficient (Wildman–Crippen LogP) is 4.16. The second-order valence-electron chi connectivity index (χ2n) is 9.53. The van der Waals surface area contributed by atoms with Crippen molar-refractivity contribution in [3.63, 3.8) is 0 Å². The molecule has 2 atom stereocenters. The fourth-order valence-electron chi connectivity index (χ4n) is 5.78. The van der Waals surface area contributed by atoms with Gasteiger partial charge in [0.05, 0.1) is 0 Å². The Kier molecular flexibility index (Phi) is 6.02. The summed E-state index contributed by atoms with van der Waals surface area (Å²) in [6, 6.07) is 16.4. The Morgan fingerprint density at radius 2 is 1.71 bits per heavy atom. The maximum Gasteiger partial charge on any atom is 0.407 e. The van der Waals surface area contributed by atoms with E-state index in [2.05, 4.69) is 29.6 Å². The van der Waals surface area contributed by atoms with Gasteiger partial charge in [-0.1, -0.05) is 48.5 Å². The van der Waals surface area contributed by atoms with Gasteiger partial charge in [-0.15, -0.1) is 0 Å². The van der Waals surface area contributed by atoms with Gasteiger partial charge < -0.3 is 20.1 Å². The number of nitrogens with zero attached hydrogens (tertiary/aromatic N) is 1. The minimum Gasteiger partial charge on any atom is -0.479 e. The molecule has 1 aliphatic heterocycles. The SMILES string of the molecule is O=C(NCCCCC(=O)N1CCC[C@@H]2C[C@@]21C(=O)O)OCC1c2ccccc2-c2ccccc21. The number of carboxylic acid groups (broad SMARTS) is 1. The molecule has 0 unspecified atom stereocenters. The molecule has 0 radical (unpaired) electrons. The lowest BCUT2D eigenvalue weighted by Crippen LogP contribution is -2.51. The molecule has 1 saturated heterocycles. The number of hydrogen-bond donors (Lipinski definition) is 2. The highest BCUT2D eigenvalue weighted by atomic mass is 16.5. The van der Waals surface area contributed by atoms with Crippen LogP contribution in [0.2, 0.25) is 0 Å². The van der Waals surface area contributed by atoms with Crippen molar-refractivity contribution in [2.75, 3.05) is 19.7 Å². The van der Waals surface area contributed by atoms with E-state index in [1.165, 1.54) is 22.3 Å². The summed E-state index contributed by atoms with van der Waals surface area (Å²) in [4.78, 5) is 38.2. The molecule has 0 spiro atoms. The van der Waals surface area contributed by atoms with Gasteiger partial charge in [-0.25, -0.2) is 9.59 Å². The van der Waals surface area contributed by atoms with E-state index in [0.717, 1.165) is 12.8 Å². The zero-order valence-corrected chi connectivity index (χ0v) is 19.2. The van der Waals surface area contributed by atoms with E-state index in [-0.39, 0.29) is 24.3 Å². The van der Waals surface area contributed by atoms with Crippen LogP contribution in [-0.4, -0.2) is 53.2 Å². The Balaban J connectivity index is 1.05. The van der Waals surface area contributed by atoms with Crippen molar-refractivity contribution in [1.29, 1.82) is 0 Å². The molecule has 0 aromatic heterocycles. The lowest BCUT2D eigenvalue weighted by molar-refractivity contribution is -0.154. The van der Waals surface area contributed by atoms with Crippen LogP contribution in [0.15, 0.2) is 48.5 Å². The Morgan fingerprint density at radius 3 is 2.38 bits per heavy atom. The number of carbonyl (C=O) groups is 3. The fourth-order valence-corrected chi connectivity index (χ4v) is 5.78. The first-order valence-electron chi connectivity index (χ1n) is 12.1. The van der Waals surface area contributed by atoms with E-state index >= 15 is 0 Å². The van der Waals surface area contributed by atoms with Crippen LogP contribution in [0.25, 0.3) is 11.1 Å². The standard InChI is InChI=1S/C27H30N2O5/c30-24(29-15-7-8-18-16-27(18,29)25(31)32)13-5-6-14-28-26(33)34-17-23-21-11-3-1-9-19(21)20-10-2-4-12-22(20)23/h1-4,9-12,18,23H,5-8,13-17H2,(H,28,33)(H,31,32)/t18-,27+/m1/s1. The molecule has 1 saturated carbocycles. The Labute approximate surface area is 199 Å². The molecule has 2 N–H and O–H groups in total. The fraction of sp³-hybridized carbons (Fsp3) is 0.444. The summed E-state index contributed by atoms with van der Waals surface area (Å²) in [6.07, 6.45) is 3.41. The molecule has 178 valence electrons. The monoisotopic (exact) mass is 462 g/mol. The van der Waals surface area contributed by atoms with E-state index in [1.807, 2.05) is 24.3 Å². The van der Waals surface area contributed by atoms with E-state index in [1.54, 1.807) is 4.90 Å². The van der Waals surface area contributed by atoms with Crippen molar-refractivity contribution in [3.05, 3.63) is 59.7 Å². The Bertz CT molecular complexity index is 1070. The second-order valence-corrected chi connectivity index (χ2v) is 9.53. The van der Waals surface area contributed by atoms with Gasteiger partial charge in [0, 0.05) is 25.4 Å². The maximum atomic E-state index is 12.6. The van der Waals surface area contributed by atoms with Crippen molar-refractivity contribution in [2.24, 2.45) is 5.92 Å². The maximum absolute atomic E-state index is 12.6. The van der Waals surface area contributed by atoms with Crippen molar-refractivity contribution in [1.82, 2.24) is 10.2 Å². The molecule has 7 heteroatoms. The number of hydrogen-bond acceptors (Lipinski definition) is 4. The number of carboxylic acids is 1. The normalized spacial score (nSPS) is 22.4. The first kappa shape index (κ1) is 22.4. The molecule has 34 heavy (non-hydrogen) atoms. The lowest BCUT2D eigenvalue weighted by Gasteiger charge is -2.33. The molecule has 2 aromatic carbocycles. The number of alkyl carbamates (subject to hydrolysis) is 1. The molecule has 2 aliphatic carbocycles. The average Bonchev–Trinajstić information content (AvgIpc) is 3.53. The molecular formula is C27H30N2O5. The largest absolute Gasteiger partial charge is 0.479 e. The van der Waals surface area contributed by atoms with Gasteiger partial charge in [0.1, 0.15) is 12.1 Å². The van der Waals surface area contributed by atoms with Crippen LogP contribution in [0, 0.1) is 5.92 Å². The smallest absolute Gasteiger partial charge is 0.407 e. The summed E-state index contributed by atoms with van der Waals surface area (Å²) < 4.78 is 5.53. The number of carbonyl (C=O) groups excluding carboxylic acids is 2. The summed E-state index contributed by atoms with van der Waals surface area (Å²) in [5.74, 6) is -0.834. The van der Waals surface area contributed by atoms with Gasteiger partial charge in [0.2, 0.25) is 5.91 Å². The lowest BCUT2D eigenvalue weighted by atomic mass is 9.98. The number of rotatable bonds is 8. The van der Waals surface area contributed by atoms with Gasteiger partial charge in [0.25, 0.3) is 0 Å². The second kappa shape index (κ2) is 9.12. The summed E-state index contributed by atoms with van der Waals surface area (Å²) in [6.45, 7) is 1.21. The Morgan fingerprint density at radius 1 is 1.03 bits per heavy atom. The quantitative estimate of drug-likeness (QED) is 0.575. The number of likely N-dealkylation sites (tertiary alicyclic amines) is 1. The van der Waals surface area contributed by atoms with Crippen molar-refractivity contribution in [3.8, 4) is 11.1 Å². The topological polar surface area (TPSA) is 95.9 Å². The van der Waals surface area contributed by atoms with Crippen molar-refractivity contribution >= 4 is 18.0 Å². The zero-order chi connectivity index (χ0) is 23.7. The summed E-state index contributed by atoms with van der Waals surface area (Å²) in [7, 11) is 0. The number of nitrogens with one attached hydrogen (secondary N) is 1. The highest BCUT2D eigenvalue weighted by Crippen LogP contribution is 2.54. The van der Waals surface area contributed by atoms with Crippen molar-refractivity contribution < 1.29 is 24.2 Å². The molecule has 1 heterocycles. The van der Waals surface area contributed by atoms with E-state index in [9.17, 15) is 19.5 Å². The number of fused-ring (bicyclic) bond motifs is 4. The highest BCUT2D eigenvalue weighted by molar-refractivity contribution is 5.90. The van der Waals surface area contributed by atoms with E-state index < -0.39 is 17.6 Å². The molecule has 5 rings (SSSR count). The van der Waals surface area contributed by atoms with E-state index in [0.29, 0.717) is 38.8 Å². The average molecular weight is 463 g/mol. The first-order chi connectivity index (χ1) is 16.5. The third-order valence-corrected chi connectivity index (χ3v) is 7.59. The summed E-state index contributed by atoms with van der Waals surface area (Å²) in [5, 5.41) is 12.4. The van der Waals surface area contributed by atoms with E-state index in [4.69, 9.17) is 4.74 Å². The minimum atomic E-state index is -0.950. The summed E-state index contributed by atoms with van der Waals surface area (Å²) >= 11 is 0.